The van der Waals surface area contributed by atoms with Crippen LogP contribution >= 0.6 is 0 Å². The normalized spacial score (nSPS) is 18.2. The SMILES string of the molecule is COCCCNC(=O)c1ccccc1N1C(=O)[C@@H]2Cc3c([nH]c4ccccc34)[C@H](c3ccc(C(C)C)cc3)N2C1=O. The zero-order valence-corrected chi connectivity index (χ0v) is 23.5. The molecular weight excluding hydrogens is 516 g/mol. The van der Waals surface area contributed by atoms with Gasteiger partial charge in [0.2, 0.25) is 0 Å². The van der Waals surface area contributed by atoms with Crippen LogP contribution in [0.4, 0.5) is 10.5 Å². The Labute approximate surface area is 239 Å². The number of nitrogens with one attached hydrogen (secondary N) is 2. The Morgan fingerprint density at radius 2 is 1.76 bits per heavy atom. The van der Waals surface area contributed by atoms with E-state index in [0.717, 1.165) is 27.7 Å². The lowest BCUT2D eigenvalue weighted by Gasteiger charge is -2.36. The summed E-state index contributed by atoms with van der Waals surface area (Å²) in [6.45, 7) is 5.24. The number of hydrogen-bond donors (Lipinski definition) is 2. The molecule has 0 unspecified atom stereocenters. The summed E-state index contributed by atoms with van der Waals surface area (Å²) < 4.78 is 5.07. The number of methoxy groups -OCH3 is 1. The fourth-order valence-electron chi connectivity index (χ4n) is 6.08. The van der Waals surface area contributed by atoms with E-state index in [-0.39, 0.29) is 17.4 Å². The molecule has 0 saturated carbocycles. The van der Waals surface area contributed by atoms with Crippen molar-refractivity contribution >= 4 is 34.4 Å². The summed E-state index contributed by atoms with van der Waals surface area (Å²) in [6, 6.07) is 21.5. The molecule has 0 bridgehead atoms. The van der Waals surface area contributed by atoms with Crippen LogP contribution < -0.4 is 10.2 Å². The van der Waals surface area contributed by atoms with Crippen molar-refractivity contribution in [2.75, 3.05) is 25.2 Å². The van der Waals surface area contributed by atoms with E-state index < -0.39 is 18.1 Å². The predicted octanol–water partition coefficient (Wildman–Crippen LogP) is 5.54. The number of carbonyl (C=O) groups excluding carboxylic acids is 3. The van der Waals surface area contributed by atoms with Gasteiger partial charge in [0.15, 0.2) is 0 Å². The van der Waals surface area contributed by atoms with Crippen molar-refractivity contribution in [2.24, 2.45) is 0 Å². The molecule has 2 N–H and O–H groups in total. The highest BCUT2D eigenvalue weighted by Gasteiger charge is 2.53. The molecule has 6 rings (SSSR count). The molecular formula is C33H34N4O4. The Balaban J connectivity index is 1.42. The van der Waals surface area contributed by atoms with Crippen molar-refractivity contribution in [2.45, 2.75) is 44.7 Å². The average Bonchev–Trinajstić information content (AvgIpc) is 3.48. The van der Waals surface area contributed by atoms with E-state index >= 15 is 0 Å². The van der Waals surface area contributed by atoms with Crippen molar-refractivity contribution in [3.63, 3.8) is 0 Å². The monoisotopic (exact) mass is 550 g/mol. The Hall–Kier alpha value is -4.43. The number of anilines is 1. The molecule has 210 valence electrons. The largest absolute Gasteiger partial charge is 0.385 e. The number of aromatic nitrogens is 1. The first-order valence-corrected chi connectivity index (χ1v) is 14.1. The summed E-state index contributed by atoms with van der Waals surface area (Å²) >= 11 is 0. The molecule has 41 heavy (non-hydrogen) atoms. The topological polar surface area (TPSA) is 94.7 Å². The molecule has 8 heteroatoms. The Bertz CT molecular complexity index is 1620. The number of benzene rings is 3. The smallest absolute Gasteiger partial charge is 0.332 e. The van der Waals surface area contributed by atoms with Crippen LogP contribution in [0.15, 0.2) is 72.8 Å². The quantitative estimate of drug-likeness (QED) is 0.222. The van der Waals surface area contributed by atoms with Crippen LogP contribution in [0.5, 0.6) is 0 Å². The molecule has 2 aliphatic rings. The maximum atomic E-state index is 14.3. The third kappa shape index (κ3) is 4.58. The summed E-state index contributed by atoms with van der Waals surface area (Å²) in [5.41, 5.74) is 5.67. The van der Waals surface area contributed by atoms with Gasteiger partial charge in [-0.05, 0) is 47.2 Å². The van der Waals surface area contributed by atoms with Gasteiger partial charge in [0.25, 0.3) is 11.8 Å². The average molecular weight is 551 g/mol. The lowest BCUT2D eigenvalue weighted by molar-refractivity contribution is -0.120. The van der Waals surface area contributed by atoms with Crippen molar-refractivity contribution < 1.29 is 19.1 Å². The van der Waals surface area contributed by atoms with Crippen LogP contribution in [0.3, 0.4) is 0 Å². The first-order valence-electron chi connectivity index (χ1n) is 14.1. The van der Waals surface area contributed by atoms with Gasteiger partial charge in [-0.25, -0.2) is 9.69 Å². The van der Waals surface area contributed by atoms with Crippen molar-refractivity contribution in [3.8, 4) is 0 Å². The van der Waals surface area contributed by atoms with Crippen LogP contribution in [0.25, 0.3) is 10.9 Å². The summed E-state index contributed by atoms with van der Waals surface area (Å²) in [5.74, 6) is -0.289. The molecule has 1 fully saturated rings. The van der Waals surface area contributed by atoms with Crippen molar-refractivity contribution in [1.29, 1.82) is 0 Å². The second-order valence-electron chi connectivity index (χ2n) is 11.0. The van der Waals surface area contributed by atoms with Crippen LogP contribution in [-0.4, -0.2) is 54.0 Å². The number of rotatable bonds is 8. The summed E-state index contributed by atoms with van der Waals surface area (Å²) in [4.78, 5) is 48.0. The maximum absolute atomic E-state index is 14.3. The molecule has 4 amide bonds. The number of imide groups is 1. The van der Waals surface area contributed by atoms with Crippen LogP contribution in [0.1, 0.15) is 65.0 Å². The summed E-state index contributed by atoms with van der Waals surface area (Å²) in [6.07, 6.45) is 1.05. The number of H-pyrrole nitrogens is 1. The summed E-state index contributed by atoms with van der Waals surface area (Å²) in [7, 11) is 1.61. The number of nitrogens with zero attached hydrogens (tertiary/aromatic N) is 2. The molecule has 2 atom stereocenters. The lowest BCUT2D eigenvalue weighted by atomic mass is 9.88. The number of para-hydroxylation sites is 2. The Morgan fingerprint density at radius 3 is 2.51 bits per heavy atom. The minimum atomic E-state index is -0.693. The van der Waals surface area contributed by atoms with E-state index in [1.54, 1.807) is 36.3 Å². The summed E-state index contributed by atoms with van der Waals surface area (Å²) in [5, 5.41) is 3.94. The van der Waals surface area contributed by atoms with Crippen LogP contribution in [0, 0.1) is 0 Å². The minimum Gasteiger partial charge on any atom is -0.385 e. The number of fused-ring (bicyclic) bond motifs is 4. The molecule has 0 radical (unpaired) electrons. The number of hydrogen-bond acceptors (Lipinski definition) is 4. The van der Waals surface area contributed by atoms with Gasteiger partial charge in [0.1, 0.15) is 12.1 Å². The first-order chi connectivity index (χ1) is 19.9. The van der Waals surface area contributed by atoms with Crippen LogP contribution in [-0.2, 0) is 16.0 Å². The molecule has 1 aromatic heterocycles. The molecule has 2 aliphatic heterocycles. The second-order valence-corrected chi connectivity index (χ2v) is 11.0. The number of aromatic amines is 1. The van der Waals surface area contributed by atoms with E-state index in [4.69, 9.17) is 4.74 Å². The van der Waals surface area contributed by atoms with Gasteiger partial charge in [0, 0.05) is 43.3 Å². The number of carbonyl (C=O) groups is 3. The maximum Gasteiger partial charge on any atom is 0.332 e. The highest BCUT2D eigenvalue weighted by atomic mass is 16.5. The number of amides is 4. The molecule has 0 spiro atoms. The van der Waals surface area contributed by atoms with Gasteiger partial charge in [-0.2, -0.15) is 0 Å². The van der Waals surface area contributed by atoms with Crippen molar-refractivity contribution in [1.82, 2.24) is 15.2 Å². The minimum absolute atomic E-state index is 0.285. The molecule has 0 aliphatic carbocycles. The van der Waals surface area contributed by atoms with E-state index in [1.165, 1.54) is 10.5 Å². The standard InChI is InChI=1S/C33H34N4O4/c1-20(2)21-13-15-22(16-14-21)30-29-25(23-9-4-6-11-26(23)35-29)19-28-32(39)37(33(40)36(28)30)27-12-7-5-10-24(27)31(38)34-17-8-18-41-3/h4-7,9-16,20,28,30,35H,8,17-19H2,1-3H3,(H,34,38)/t28-,30-/m0/s1. The van der Waals surface area contributed by atoms with Crippen LogP contribution in [0.2, 0.25) is 0 Å². The van der Waals surface area contributed by atoms with Gasteiger partial charge < -0.3 is 15.0 Å². The molecule has 3 aromatic carbocycles. The number of urea groups is 1. The highest BCUT2D eigenvalue weighted by Crippen LogP contribution is 2.45. The van der Waals surface area contributed by atoms with Gasteiger partial charge in [-0.15, -0.1) is 0 Å². The first kappa shape index (κ1) is 26.8. The predicted molar refractivity (Wildman–Crippen MR) is 158 cm³/mol. The fraction of sp³-hybridized carbons (Fsp3) is 0.303. The molecule has 1 saturated heterocycles. The second kappa shape index (κ2) is 10.9. The van der Waals surface area contributed by atoms with E-state index in [9.17, 15) is 14.4 Å². The molecule has 4 aromatic rings. The van der Waals surface area contributed by atoms with Crippen molar-refractivity contribution in [3.05, 3.63) is 101 Å². The van der Waals surface area contributed by atoms with E-state index in [2.05, 4.69) is 54.5 Å². The fourth-order valence-corrected chi connectivity index (χ4v) is 6.08. The van der Waals surface area contributed by atoms with Gasteiger partial charge >= 0.3 is 6.03 Å². The Kier molecular flexibility index (Phi) is 7.09. The zero-order chi connectivity index (χ0) is 28.7. The van der Waals surface area contributed by atoms with Gasteiger partial charge in [-0.3, -0.25) is 14.5 Å². The third-order valence-corrected chi connectivity index (χ3v) is 8.17. The van der Waals surface area contributed by atoms with Gasteiger partial charge in [0.05, 0.1) is 11.3 Å². The molecule has 8 nitrogen and oxygen atoms in total. The third-order valence-electron chi connectivity index (χ3n) is 8.17. The lowest BCUT2D eigenvalue weighted by Crippen LogP contribution is -2.44. The van der Waals surface area contributed by atoms with E-state index in [0.29, 0.717) is 37.6 Å². The van der Waals surface area contributed by atoms with Gasteiger partial charge in [-0.1, -0.05) is 68.4 Å². The Morgan fingerprint density at radius 1 is 1.02 bits per heavy atom. The zero-order valence-electron chi connectivity index (χ0n) is 23.5. The molecule has 3 heterocycles. The number of ether oxygens (including phenoxy) is 1. The highest BCUT2D eigenvalue weighted by molar-refractivity contribution is 6.24. The van der Waals surface area contributed by atoms with E-state index in [1.807, 2.05) is 18.2 Å².